The molecule has 156 valence electrons. The number of guanidine groups is 1. The van der Waals surface area contributed by atoms with Crippen molar-refractivity contribution in [3.05, 3.63) is 24.1 Å². The van der Waals surface area contributed by atoms with Gasteiger partial charge in [0, 0.05) is 44.8 Å². The molecule has 1 fully saturated rings. The molecule has 1 aliphatic rings. The van der Waals surface area contributed by atoms with Gasteiger partial charge < -0.3 is 20.1 Å². The minimum absolute atomic E-state index is 0. The average Bonchev–Trinajstić information content (AvgIpc) is 3.27. The van der Waals surface area contributed by atoms with E-state index in [1.807, 2.05) is 17.9 Å². The van der Waals surface area contributed by atoms with E-state index in [4.69, 9.17) is 4.52 Å². The van der Waals surface area contributed by atoms with Gasteiger partial charge in [0.15, 0.2) is 11.8 Å². The van der Waals surface area contributed by atoms with Gasteiger partial charge in [-0.25, -0.2) is 0 Å². The molecule has 3 heterocycles. The number of aromatic nitrogens is 4. The maximum atomic E-state index is 5.33. The first-order valence-electron chi connectivity index (χ1n) is 9.39. The van der Waals surface area contributed by atoms with Crippen molar-refractivity contribution in [3.63, 3.8) is 0 Å². The Balaban J connectivity index is 0.00000280. The van der Waals surface area contributed by atoms with Crippen LogP contribution in [-0.4, -0.2) is 52.1 Å². The molecule has 3 rings (SSSR count). The third-order valence-corrected chi connectivity index (χ3v) is 4.57. The van der Waals surface area contributed by atoms with Crippen molar-refractivity contribution in [1.29, 1.82) is 0 Å². The molecule has 2 aromatic heterocycles. The molecule has 9 nitrogen and oxygen atoms in total. The Hall–Kier alpha value is -1.85. The van der Waals surface area contributed by atoms with E-state index in [-0.39, 0.29) is 29.4 Å². The number of nitrogens with zero attached hydrogens (tertiary/aromatic N) is 6. The van der Waals surface area contributed by atoms with E-state index in [2.05, 4.69) is 62.7 Å². The molecule has 0 bridgehead atoms. The summed E-state index contributed by atoms with van der Waals surface area (Å²) in [6, 6.07) is 0.320. The third-order valence-electron chi connectivity index (χ3n) is 4.57. The van der Waals surface area contributed by atoms with Crippen LogP contribution in [0.15, 0.2) is 21.9 Å². The topological polar surface area (TPSA) is 96.4 Å². The maximum absolute atomic E-state index is 5.33. The van der Waals surface area contributed by atoms with E-state index in [1.54, 1.807) is 7.05 Å². The molecule has 1 atom stereocenters. The van der Waals surface area contributed by atoms with E-state index in [9.17, 15) is 0 Å². The fourth-order valence-corrected chi connectivity index (χ4v) is 3.08. The van der Waals surface area contributed by atoms with Gasteiger partial charge >= 0.3 is 0 Å². The molecular formula is C18H31IN8O. The molecule has 10 heteroatoms. The number of halogens is 1. The predicted octanol–water partition coefficient (Wildman–Crippen LogP) is 2.05. The standard InChI is InChI=1S/C18H30N8O.HI/c1-18(2,3)16-23-15(24-27-16)10-20-17(19-4)22-13-7-6-8-26(11-13)14-9-21-25(5)12-14;/h9,12-13H,6-8,10-11H2,1-5H3,(H2,19,20,22);1H. The number of rotatable bonds is 4. The Morgan fingerprint density at radius 3 is 2.79 bits per heavy atom. The summed E-state index contributed by atoms with van der Waals surface area (Å²) < 4.78 is 7.17. The average molecular weight is 502 g/mol. The van der Waals surface area contributed by atoms with Crippen molar-refractivity contribution < 1.29 is 4.52 Å². The lowest BCUT2D eigenvalue weighted by atomic mass is 9.97. The minimum atomic E-state index is -0.150. The highest BCUT2D eigenvalue weighted by Crippen LogP contribution is 2.20. The van der Waals surface area contributed by atoms with E-state index in [1.165, 1.54) is 0 Å². The van der Waals surface area contributed by atoms with Gasteiger partial charge in [-0.05, 0) is 12.8 Å². The first kappa shape index (κ1) is 22.4. The van der Waals surface area contributed by atoms with Crippen LogP contribution in [-0.2, 0) is 19.0 Å². The summed E-state index contributed by atoms with van der Waals surface area (Å²) in [5.41, 5.74) is 1.01. The minimum Gasteiger partial charge on any atom is -0.367 e. The van der Waals surface area contributed by atoms with Crippen LogP contribution in [0.25, 0.3) is 0 Å². The maximum Gasteiger partial charge on any atom is 0.232 e. The van der Waals surface area contributed by atoms with Crippen molar-refractivity contribution >= 4 is 35.6 Å². The highest BCUT2D eigenvalue weighted by atomic mass is 127. The predicted molar refractivity (Wildman–Crippen MR) is 120 cm³/mol. The molecule has 0 saturated carbocycles. The SMILES string of the molecule is CN=C(NCc1noc(C(C)(C)C)n1)NC1CCCN(c2cnn(C)c2)C1.I. The molecule has 1 aliphatic heterocycles. The summed E-state index contributed by atoms with van der Waals surface area (Å²) in [6.45, 7) is 8.59. The zero-order chi connectivity index (χ0) is 19.4. The highest BCUT2D eigenvalue weighted by Gasteiger charge is 2.23. The van der Waals surface area contributed by atoms with Crippen molar-refractivity contribution in [2.75, 3.05) is 25.0 Å². The number of aliphatic imine (C=N–C) groups is 1. The third kappa shape index (κ3) is 5.82. The summed E-state index contributed by atoms with van der Waals surface area (Å²) in [7, 11) is 3.71. The van der Waals surface area contributed by atoms with Gasteiger partial charge in [0.1, 0.15) is 0 Å². The second-order valence-electron chi connectivity index (χ2n) is 7.99. The monoisotopic (exact) mass is 502 g/mol. The molecule has 1 saturated heterocycles. The Kier molecular flexibility index (Phi) is 7.67. The largest absolute Gasteiger partial charge is 0.367 e. The Bertz CT molecular complexity index is 779. The summed E-state index contributed by atoms with van der Waals surface area (Å²) >= 11 is 0. The highest BCUT2D eigenvalue weighted by molar-refractivity contribution is 14.0. The number of aryl methyl sites for hydroxylation is 1. The quantitative estimate of drug-likeness (QED) is 0.376. The molecular weight excluding hydrogens is 471 g/mol. The van der Waals surface area contributed by atoms with Crippen LogP contribution >= 0.6 is 24.0 Å². The first-order valence-corrected chi connectivity index (χ1v) is 9.39. The molecule has 0 aromatic carbocycles. The Labute approximate surface area is 183 Å². The summed E-state index contributed by atoms with van der Waals surface area (Å²) in [4.78, 5) is 11.1. The Morgan fingerprint density at radius 2 is 2.18 bits per heavy atom. The second kappa shape index (κ2) is 9.57. The fraction of sp³-hybridized carbons (Fsp3) is 0.667. The van der Waals surface area contributed by atoms with Crippen molar-refractivity contribution in [3.8, 4) is 0 Å². The van der Waals surface area contributed by atoms with Crippen molar-refractivity contribution in [2.45, 2.75) is 51.6 Å². The molecule has 0 aliphatic carbocycles. The fourth-order valence-electron chi connectivity index (χ4n) is 3.08. The molecule has 2 N–H and O–H groups in total. The van der Waals surface area contributed by atoms with Gasteiger partial charge in [0.2, 0.25) is 5.89 Å². The number of anilines is 1. The molecule has 28 heavy (non-hydrogen) atoms. The van der Waals surface area contributed by atoms with Gasteiger partial charge in [-0.3, -0.25) is 9.67 Å². The van der Waals surface area contributed by atoms with Crippen LogP contribution in [0.3, 0.4) is 0 Å². The molecule has 0 radical (unpaired) electrons. The molecule has 1 unspecified atom stereocenters. The van der Waals surface area contributed by atoms with E-state index < -0.39 is 0 Å². The summed E-state index contributed by atoms with van der Waals surface area (Å²) in [5.74, 6) is 2.01. The van der Waals surface area contributed by atoms with Crippen molar-refractivity contribution in [2.24, 2.45) is 12.0 Å². The molecule has 2 aromatic rings. The van der Waals surface area contributed by atoms with Crippen molar-refractivity contribution in [1.82, 2.24) is 30.6 Å². The summed E-state index contributed by atoms with van der Waals surface area (Å²) in [5, 5.41) is 15.1. The number of hydrogen-bond donors (Lipinski definition) is 2. The van der Waals surface area contributed by atoms with Crippen LogP contribution in [0.5, 0.6) is 0 Å². The number of hydrogen-bond acceptors (Lipinski definition) is 6. The van der Waals surface area contributed by atoms with E-state index >= 15 is 0 Å². The van der Waals surface area contributed by atoms with Crippen LogP contribution in [0.2, 0.25) is 0 Å². The van der Waals surface area contributed by atoms with Gasteiger partial charge in [-0.15, -0.1) is 24.0 Å². The zero-order valence-corrected chi connectivity index (χ0v) is 19.6. The smallest absolute Gasteiger partial charge is 0.232 e. The number of piperidine rings is 1. The van der Waals surface area contributed by atoms with Crippen LogP contribution in [0.4, 0.5) is 5.69 Å². The lowest BCUT2D eigenvalue weighted by Gasteiger charge is -2.34. The molecule has 0 amide bonds. The van der Waals surface area contributed by atoms with E-state index in [0.717, 1.165) is 37.6 Å². The van der Waals surface area contributed by atoms with Crippen LogP contribution in [0.1, 0.15) is 45.3 Å². The lowest BCUT2D eigenvalue weighted by Crippen LogP contribution is -2.51. The second-order valence-corrected chi connectivity index (χ2v) is 7.99. The van der Waals surface area contributed by atoms with Gasteiger partial charge in [0.05, 0.1) is 18.4 Å². The van der Waals surface area contributed by atoms with Crippen LogP contribution in [0, 0.1) is 0 Å². The normalized spacial score (nSPS) is 18.0. The Morgan fingerprint density at radius 1 is 1.39 bits per heavy atom. The van der Waals surface area contributed by atoms with Gasteiger partial charge in [-0.1, -0.05) is 25.9 Å². The molecule has 0 spiro atoms. The lowest BCUT2D eigenvalue weighted by molar-refractivity contribution is 0.318. The number of nitrogens with one attached hydrogen (secondary N) is 2. The summed E-state index contributed by atoms with van der Waals surface area (Å²) in [6.07, 6.45) is 6.20. The van der Waals surface area contributed by atoms with E-state index in [0.29, 0.717) is 24.3 Å². The zero-order valence-electron chi connectivity index (χ0n) is 17.3. The van der Waals surface area contributed by atoms with Gasteiger partial charge in [-0.2, -0.15) is 10.1 Å². The van der Waals surface area contributed by atoms with Gasteiger partial charge in [0.25, 0.3) is 0 Å². The first-order chi connectivity index (χ1) is 12.8. The van der Waals surface area contributed by atoms with Crippen LogP contribution < -0.4 is 15.5 Å².